The Bertz CT molecular complexity index is 1130. The molecule has 0 amide bonds. The van der Waals surface area contributed by atoms with Gasteiger partial charge in [0.05, 0.1) is 5.69 Å². The molecule has 2 aromatic carbocycles. The molecule has 4 rings (SSSR count). The first kappa shape index (κ1) is 17.0. The predicted octanol–water partition coefficient (Wildman–Crippen LogP) is 3.79. The molecule has 0 aliphatic rings. The number of ether oxygens (including phenoxy) is 1. The third-order valence-corrected chi connectivity index (χ3v) is 4.34. The maximum atomic E-state index is 12.4. The van der Waals surface area contributed by atoms with Crippen LogP contribution in [0.25, 0.3) is 17.2 Å². The van der Waals surface area contributed by atoms with E-state index in [4.69, 9.17) is 4.74 Å². The molecule has 6 heteroatoms. The van der Waals surface area contributed by atoms with Crippen LogP contribution >= 0.6 is 0 Å². The molecule has 0 fully saturated rings. The zero-order valence-electron chi connectivity index (χ0n) is 15.2. The lowest BCUT2D eigenvalue weighted by Crippen LogP contribution is -2.16. The van der Waals surface area contributed by atoms with Crippen LogP contribution in [0.5, 0.6) is 5.75 Å². The van der Waals surface area contributed by atoms with Gasteiger partial charge in [-0.25, -0.2) is 4.98 Å². The number of H-pyrrole nitrogens is 1. The minimum atomic E-state index is -0.218. The Hall–Kier alpha value is -3.41. The smallest absolute Gasteiger partial charge is 0.274 e. The van der Waals surface area contributed by atoms with Crippen LogP contribution in [-0.2, 0) is 6.61 Å². The second-order valence-corrected chi connectivity index (χ2v) is 6.68. The van der Waals surface area contributed by atoms with E-state index >= 15 is 0 Å². The normalized spacial score (nSPS) is 11.2. The third kappa shape index (κ3) is 3.60. The Morgan fingerprint density at radius 2 is 1.85 bits per heavy atom. The van der Waals surface area contributed by atoms with E-state index in [1.54, 1.807) is 0 Å². The number of aromatic amines is 1. The van der Waals surface area contributed by atoms with Crippen LogP contribution in [0, 0.1) is 0 Å². The van der Waals surface area contributed by atoms with Crippen LogP contribution in [-0.4, -0.2) is 19.6 Å². The van der Waals surface area contributed by atoms with Gasteiger partial charge in [-0.2, -0.15) is 9.50 Å². The maximum Gasteiger partial charge on any atom is 0.274 e. The summed E-state index contributed by atoms with van der Waals surface area (Å²) < 4.78 is 7.17. The summed E-state index contributed by atoms with van der Waals surface area (Å²) in [4.78, 5) is 21.3. The van der Waals surface area contributed by atoms with Crippen LogP contribution in [0.4, 0.5) is 0 Å². The average Bonchev–Trinajstić information content (AvgIpc) is 3.12. The SMILES string of the molecule is CC(C)c1cccc(OCc2cc(=O)n3[nH]c(-c4ccccc4)nc3n2)c1. The average molecular weight is 360 g/mol. The van der Waals surface area contributed by atoms with Crippen molar-refractivity contribution in [2.45, 2.75) is 26.4 Å². The summed E-state index contributed by atoms with van der Waals surface area (Å²) in [6, 6.07) is 19.0. The van der Waals surface area contributed by atoms with E-state index in [0.717, 1.165) is 11.3 Å². The zero-order valence-corrected chi connectivity index (χ0v) is 15.2. The van der Waals surface area contributed by atoms with E-state index in [1.807, 2.05) is 48.5 Å². The van der Waals surface area contributed by atoms with E-state index in [2.05, 4.69) is 35.0 Å². The summed E-state index contributed by atoms with van der Waals surface area (Å²) >= 11 is 0. The van der Waals surface area contributed by atoms with E-state index in [1.165, 1.54) is 16.1 Å². The fourth-order valence-corrected chi connectivity index (χ4v) is 2.85. The van der Waals surface area contributed by atoms with Gasteiger partial charge in [-0.15, -0.1) is 0 Å². The van der Waals surface area contributed by atoms with Crippen molar-refractivity contribution in [3.05, 3.63) is 82.3 Å². The number of hydrogen-bond donors (Lipinski definition) is 1. The summed E-state index contributed by atoms with van der Waals surface area (Å²) in [5.74, 6) is 2.11. The molecular formula is C21H20N4O2. The summed E-state index contributed by atoms with van der Waals surface area (Å²) in [7, 11) is 0. The highest BCUT2D eigenvalue weighted by Crippen LogP contribution is 2.21. The van der Waals surface area contributed by atoms with Gasteiger partial charge in [0.2, 0.25) is 0 Å². The van der Waals surface area contributed by atoms with Crippen LogP contribution in [0.2, 0.25) is 0 Å². The van der Waals surface area contributed by atoms with Crippen LogP contribution in [0.1, 0.15) is 31.0 Å². The van der Waals surface area contributed by atoms with E-state index in [0.29, 0.717) is 23.2 Å². The Morgan fingerprint density at radius 3 is 2.63 bits per heavy atom. The molecule has 2 heterocycles. The largest absolute Gasteiger partial charge is 0.487 e. The van der Waals surface area contributed by atoms with Gasteiger partial charge >= 0.3 is 0 Å². The molecule has 1 N–H and O–H groups in total. The molecule has 0 spiro atoms. The van der Waals surface area contributed by atoms with Crippen molar-refractivity contribution < 1.29 is 4.74 Å². The standard InChI is InChI=1S/C21H20N4O2/c1-14(2)16-9-6-10-18(11-16)27-13-17-12-19(26)25-21(22-17)23-20(24-25)15-7-4-3-5-8-15/h3-12,14H,13H2,1-2H3,(H,22,23,24). The van der Waals surface area contributed by atoms with Crippen molar-refractivity contribution >= 4 is 5.78 Å². The molecule has 0 bridgehead atoms. The molecule has 0 saturated heterocycles. The predicted molar refractivity (Wildman–Crippen MR) is 104 cm³/mol. The molecule has 0 aliphatic heterocycles. The lowest BCUT2D eigenvalue weighted by Gasteiger charge is -2.09. The minimum absolute atomic E-state index is 0.209. The molecule has 2 aromatic heterocycles. The molecule has 0 atom stereocenters. The molecular weight excluding hydrogens is 340 g/mol. The van der Waals surface area contributed by atoms with Gasteiger partial charge in [0.15, 0.2) is 5.82 Å². The highest BCUT2D eigenvalue weighted by Gasteiger charge is 2.10. The number of hydrogen-bond acceptors (Lipinski definition) is 4. The lowest BCUT2D eigenvalue weighted by atomic mass is 10.0. The number of nitrogens with zero attached hydrogens (tertiary/aromatic N) is 3. The van der Waals surface area contributed by atoms with Gasteiger partial charge in [0, 0.05) is 11.6 Å². The highest BCUT2D eigenvalue weighted by atomic mass is 16.5. The molecule has 0 unspecified atom stereocenters. The van der Waals surface area contributed by atoms with Crippen LogP contribution in [0.15, 0.2) is 65.5 Å². The first-order chi connectivity index (χ1) is 13.1. The van der Waals surface area contributed by atoms with Crippen molar-refractivity contribution in [1.82, 2.24) is 19.6 Å². The van der Waals surface area contributed by atoms with E-state index in [-0.39, 0.29) is 12.2 Å². The zero-order chi connectivity index (χ0) is 18.8. The van der Waals surface area contributed by atoms with Crippen molar-refractivity contribution in [3.8, 4) is 17.1 Å². The molecule has 27 heavy (non-hydrogen) atoms. The van der Waals surface area contributed by atoms with Gasteiger partial charge in [0.25, 0.3) is 11.3 Å². The van der Waals surface area contributed by atoms with Gasteiger partial charge in [-0.05, 0) is 23.6 Å². The first-order valence-corrected chi connectivity index (χ1v) is 8.87. The summed E-state index contributed by atoms with van der Waals surface area (Å²) in [5.41, 5.74) is 2.42. The number of fused-ring (bicyclic) bond motifs is 1. The Kier molecular flexibility index (Phi) is 4.46. The minimum Gasteiger partial charge on any atom is -0.487 e. The topological polar surface area (TPSA) is 72.3 Å². The second-order valence-electron chi connectivity index (χ2n) is 6.68. The summed E-state index contributed by atoms with van der Waals surface area (Å²) in [6.45, 7) is 4.48. The Balaban J connectivity index is 1.60. The van der Waals surface area contributed by atoms with E-state index < -0.39 is 0 Å². The molecule has 0 aliphatic carbocycles. The molecule has 4 aromatic rings. The fraction of sp³-hybridized carbons (Fsp3) is 0.190. The number of rotatable bonds is 5. The molecule has 6 nitrogen and oxygen atoms in total. The van der Waals surface area contributed by atoms with Gasteiger partial charge in [-0.3, -0.25) is 9.89 Å². The molecule has 0 radical (unpaired) electrons. The first-order valence-electron chi connectivity index (χ1n) is 8.87. The third-order valence-electron chi connectivity index (χ3n) is 4.34. The monoisotopic (exact) mass is 360 g/mol. The van der Waals surface area contributed by atoms with E-state index in [9.17, 15) is 4.79 Å². The summed E-state index contributed by atoms with van der Waals surface area (Å²) in [6.07, 6.45) is 0. The quantitative estimate of drug-likeness (QED) is 0.588. The van der Waals surface area contributed by atoms with Gasteiger partial charge < -0.3 is 4.74 Å². The number of nitrogens with one attached hydrogen (secondary N) is 1. The Morgan fingerprint density at radius 1 is 1.04 bits per heavy atom. The van der Waals surface area contributed by atoms with Gasteiger partial charge in [-0.1, -0.05) is 56.3 Å². The molecule has 136 valence electrons. The number of aromatic nitrogens is 4. The summed E-state index contributed by atoms with van der Waals surface area (Å²) in [5, 5.41) is 2.99. The Labute approximate surface area is 156 Å². The number of benzene rings is 2. The maximum absolute atomic E-state index is 12.4. The molecule has 0 saturated carbocycles. The van der Waals surface area contributed by atoms with Crippen molar-refractivity contribution in [1.29, 1.82) is 0 Å². The lowest BCUT2D eigenvalue weighted by molar-refractivity contribution is 0.300. The van der Waals surface area contributed by atoms with Crippen LogP contribution in [0.3, 0.4) is 0 Å². The van der Waals surface area contributed by atoms with Crippen molar-refractivity contribution in [3.63, 3.8) is 0 Å². The van der Waals surface area contributed by atoms with Gasteiger partial charge in [0.1, 0.15) is 12.4 Å². The van der Waals surface area contributed by atoms with Crippen molar-refractivity contribution in [2.75, 3.05) is 0 Å². The second kappa shape index (κ2) is 7.07. The van der Waals surface area contributed by atoms with Crippen LogP contribution < -0.4 is 10.3 Å². The highest BCUT2D eigenvalue weighted by molar-refractivity contribution is 5.56. The van der Waals surface area contributed by atoms with Crippen molar-refractivity contribution in [2.24, 2.45) is 0 Å². The fourth-order valence-electron chi connectivity index (χ4n) is 2.85.